The van der Waals surface area contributed by atoms with Gasteiger partial charge >= 0.3 is 0 Å². The molecule has 0 atom stereocenters. The van der Waals surface area contributed by atoms with Crippen molar-refractivity contribution in [2.75, 3.05) is 7.11 Å². The van der Waals surface area contributed by atoms with Crippen LogP contribution in [0.4, 0.5) is 0 Å². The maximum absolute atomic E-state index is 9.80. The zero-order chi connectivity index (χ0) is 20.8. The number of methoxy groups -OCH3 is 1. The van der Waals surface area contributed by atoms with E-state index in [1.54, 1.807) is 7.11 Å². The van der Waals surface area contributed by atoms with Crippen LogP contribution in [-0.4, -0.2) is 21.9 Å². The highest BCUT2D eigenvalue weighted by atomic mass is 16.5. The number of allylic oxidation sites excluding steroid dienone is 1. The van der Waals surface area contributed by atoms with Crippen LogP contribution >= 0.6 is 0 Å². The fourth-order valence-corrected chi connectivity index (χ4v) is 3.63. The Labute approximate surface area is 176 Å². The summed E-state index contributed by atoms with van der Waals surface area (Å²) in [5.41, 5.74) is 2.42. The van der Waals surface area contributed by atoms with Crippen molar-refractivity contribution in [3.05, 3.63) is 71.3 Å². The standard InChI is InChI=1S/C24H24N4O2/c1-29-21-12-11-19(15-22(21)30-17-18-8-4-2-5-9-18)14-20(16-25)24-27-26-23-10-6-3-7-13-28(23)24/h2,4-5,8-9,11-12,14-15H,3,6-7,10,13,17H2,1H3/b20-14+. The van der Waals surface area contributed by atoms with Crippen molar-refractivity contribution in [2.24, 2.45) is 0 Å². The minimum Gasteiger partial charge on any atom is -0.493 e. The molecular weight excluding hydrogens is 376 g/mol. The molecule has 0 unspecified atom stereocenters. The zero-order valence-electron chi connectivity index (χ0n) is 17.0. The molecule has 1 aliphatic rings. The number of hydrogen-bond acceptors (Lipinski definition) is 5. The molecule has 2 aromatic carbocycles. The summed E-state index contributed by atoms with van der Waals surface area (Å²) >= 11 is 0. The summed E-state index contributed by atoms with van der Waals surface area (Å²) in [6.07, 6.45) is 6.11. The highest BCUT2D eigenvalue weighted by molar-refractivity contribution is 5.87. The quantitative estimate of drug-likeness (QED) is 0.563. The predicted octanol–water partition coefficient (Wildman–Crippen LogP) is 4.66. The summed E-state index contributed by atoms with van der Waals surface area (Å²) in [6, 6.07) is 17.9. The van der Waals surface area contributed by atoms with Crippen LogP contribution in [0.15, 0.2) is 48.5 Å². The lowest BCUT2D eigenvalue weighted by Crippen LogP contribution is -2.05. The Hall–Kier alpha value is -3.59. The highest BCUT2D eigenvalue weighted by Gasteiger charge is 2.18. The van der Waals surface area contributed by atoms with E-state index >= 15 is 0 Å². The summed E-state index contributed by atoms with van der Waals surface area (Å²) in [4.78, 5) is 0. The molecule has 0 saturated carbocycles. The highest BCUT2D eigenvalue weighted by Crippen LogP contribution is 2.30. The van der Waals surface area contributed by atoms with Gasteiger partial charge in [-0.2, -0.15) is 5.26 Å². The van der Waals surface area contributed by atoms with Crippen LogP contribution in [0.2, 0.25) is 0 Å². The van der Waals surface area contributed by atoms with Gasteiger partial charge in [-0.3, -0.25) is 0 Å². The summed E-state index contributed by atoms with van der Waals surface area (Å²) in [5, 5.41) is 18.4. The van der Waals surface area contributed by atoms with Gasteiger partial charge in [0.2, 0.25) is 0 Å². The fraction of sp³-hybridized carbons (Fsp3) is 0.292. The first-order valence-electron chi connectivity index (χ1n) is 10.2. The lowest BCUT2D eigenvalue weighted by Gasteiger charge is -2.12. The molecule has 0 radical (unpaired) electrons. The second kappa shape index (κ2) is 9.27. The van der Waals surface area contributed by atoms with Crippen molar-refractivity contribution in [1.82, 2.24) is 14.8 Å². The molecule has 3 aromatic rings. The number of fused-ring (bicyclic) bond motifs is 1. The molecule has 0 N–H and O–H groups in total. The average molecular weight is 400 g/mol. The SMILES string of the molecule is COc1ccc(/C=C(\C#N)c2nnc3n2CCCCC3)cc1OCc1ccccc1. The van der Waals surface area contributed by atoms with E-state index in [4.69, 9.17) is 9.47 Å². The van der Waals surface area contributed by atoms with Crippen LogP contribution in [0.5, 0.6) is 11.5 Å². The Morgan fingerprint density at radius 2 is 1.97 bits per heavy atom. The lowest BCUT2D eigenvalue weighted by molar-refractivity contribution is 0.284. The van der Waals surface area contributed by atoms with Crippen molar-refractivity contribution >= 4 is 11.6 Å². The second-order valence-electron chi connectivity index (χ2n) is 7.26. The number of aryl methyl sites for hydroxylation is 1. The number of hydrogen-bond donors (Lipinski definition) is 0. The number of aromatic nitrogens is 3. The first kappa shape index (κ1) is 19.7. The summed E-state index contributed by atoms with van der Waals surface area (Å²) < 4.78 is 13.5. The molecule has 0 amide bonds. The monoisotopic (exact) mass is 400 g/mol. The van der Waals surface area contributed by atoms with Gasteiger partial charge in [-0.15, -0.1) is 10.2 Å². The van der Waals surface area contributed by atoms with Gasteiger partial charge < -0.3 is 14.0 Å². The van der Waals surface area contributed by atoms with Gasteiger partial charge in [-0.1, -0.05) is 42.8 Å². The third-order valence-corrected chi connectivity index (χ3v) is 5.21. The first-order valence-corrected chi connectivity index (χ1v) is 10.2. The third kappa shape index (κ3) is 4.36. The smallest absolute Gasteiger partial charge is 0.174 e. The number of benzene rings is 2. The van der Waals surface area contributed by atoms with Crippen LogP contribution in [-0.2, 0) is 19.6 Å². The van der Waals surface area contributed by atoms with E-state index in [1.165, 1.54) is 6.42 Å². The number of ether oxygens (including phenoxy) is 2. The molecule has 0 saturated heterocycles. The average Bonchev–Trinajstić information content (AvgIpc) is 3.04. The van der Waals surface area contributed by atoms with E-state index in [2.05, 4.69) is 20.8 Å². The Bertz CT molecular complexity index is 1080. The van der Waals surface area contributed by atoms with Crippen LogP contribution in [0.3, 0.4) is 0 Å². The Morgan fingerprint density at radius 3 is 2.77 bits per heavy atom. The predicted molar refractivity (Wildman–Crippen MR) is 115 cm³/mol. The molecule has 6 heteroatoms. The van der Waals surface area contributed by atoms with Crippen molar-refractivity contribution in [2.45, 2.75) is 38.8 Å². The molecule has 152 valence electrons. The lowest BCUT2D eigenvalue weighted by atomic mass is 10.1. The van der Waals surface area contributed by atoms with Gasteiger partial charge in [0.1, 0.15) is 18.5 Å². The van der Waals surface area contributed by atoms with Crippen molar-refractivity contribution in [3.8, 4) is 17.6 Å². The molecule has 1 aromatic heterocycles. The zero-order valence-corrected chi connectivity index (χ0v) is 17.0. The van der Waals surface area contributed by atoms with Gasteiger partial charge in [0.05, 0.1) is 12.7 Å². The molecule has 2 heterocycles. The van der Waals surface area contributed by atoms with Crippen molar-refractivity contribution < 1.29 is 9.47 Å². The Morgan fingerprint density at radius 1 is 1.10 bits per heavy atom. The summed E-state index contributed by atoms with van der Waals surface area (Å²) in [6.45, 7) is 1.29. The molecule has 1 aliphatic heterocycles. The maximum Gasteiger partial charge on any atom is 0.174 e. The number of nitriles is 1. The number of nitrogens with zero attached hydrogens (tertiary/aromatic N) is 4. The third-order valence-electron chi connectivity index (χ3n) is 5.21. The van der Waals surface area contributed by atoms with Gasteiger partial charge in [0.15, 0.2) is 17.3 Å². The molecule has 4 rings (SSSR count). The molecule has 30 heavy (non-hydrogen) atoms. The molecule has 6 nitrogen and oxygen atoms in total. The summed E-state index contributed by atoms with van der Waals surface area (Å²) in [5.74, 6) is 2.88. The van der Waals surface area contributed by atoms with E-state index in [1.807, 2.05) is 54.6 Å². The van der Waals surface area contributed by atoms with Gasteiger partial charge in [-0.25, -0.2) is 0 Å². The van der Waals surface area contributed by atoms with E-state index in [9.17, 15) is 5.26 Å². The van der Waals surface area contributed by atoms with E-state index in [0.717, 1.165) is 42.8 Å². The summed E-state index contributed by atoms with van der Waals surface area (Å²) in [7, 11) is 1.62. The van der Waals surface area contributed by atoms with Crippen LogP contribution in [0.1, 0.15) is 42.0 Å². The maximum atomic E-state index is 9.80. The molecule has 0 fully saturated rings. The van der Waals surface area contributed by atoms with E-state index < -0.39 is 0 Å². The van der Waals surface area contributed by atoms with Crippen molar-refractivity contribution in [1.29, 1.82) is 5.26 Å². The van der Waals surface area contributed by atoms with Crippen molar-refractivity contribution in [3.63, 3.8) is 0 Å². The molecule has 0 aliphatic carbocycles. The largest absolute Gasteiger partial charge is 0.493 e. The van der Waals surface area contributed by atoms with Gasteiger partial charge in [0, 0.05) is 13.0 Å². The molecule has 0 spiro atoms. The van der Waals surface area contributed by atoms with E-state index in [-0.39, 0.29) is 0 Å². The minimum absolute atomic E-state index is 0.438. The van der Waals surface area contributed by atoms with E-state index in [0.29, 0.717) is 29.5 Å². The van der Waals surface area contributed by atoms with Crippen LogP contribution in [0.25, 0.3) is 11.6 Å². The van der Waals surface area contributed by atoms with Crippen LogP contribution < -0.4 is 9.47 Å². The Balaban J connectivity index is 1.62. The fourth-order valence-electron chi connectivity index (χ4n) is 3.63. The topological polar surface area (TPSA) is 73.0 Å². The second-order valence-corrected chi connectivity index (χ2v) is 7.26. The van der Waals surface area contributed by atoms with Gasteiger partial charge in [0.25, 0.3) is 0 Å². The van der Waals surface area contributed by atoms with Gasteiger partial charge in [-0.05, 0) is 42.2 Å². The molecular formula is C24H24N4O2. The normalized spacial score (nSPS) is 13.8. The minimum atomic E-state index is 0.438. The molecule has 0 bridgehead atoms. The first-order chi connectivity index (χ1) is 14.8. The Kier molecular flexibility index (Phi) is 6.09. The van der Waals surface area contributed by atoms with Crippen LogP contribution in [0, 0.1) is 11.3 Å². The number of rotatable bonds is 6.